The third kappa shape index (κ3) is 2.61. The van der Waals surface area contributed by atoms with E-state index in [-0.39, 0.29) is 6.61 Å². The van der Waals surface area contributed by atoms with Gasteiger partial charge in [-0.25, -0.2) is 9.97 Å². The normalized spacial score (nSPS) is 17.2. The molecule has 5 nitrogen and oxygen atoms in total. The monoisotopic (exact) mass is 257 g/mol. The van der Waals surface area contributed by atoms with Gasteiger partial charge in [0.1, 0.15) is 6.33 Å². The number of ether oxygens (including phenoxy) is 1. The van der Waals surface area contributed by atoms with E-state index < -0.39 is 0 Å². The first-order valence-electron chi connectivity index (χ1n) is 5.66. The van der Waals surface area contributed by atoms with Gasteiger partial charge >= 0.3 is 0 Å². The van der Waals surface area contributed by atoms with Crippen LogP contribution in [0.4, 0.5) is 5.82 Å². The van der Waals surface area contributed by atoms with E-state index in [9.17, 15) is 0 Å². The van der Waals surface area contributed by atoms with Crippen LogP contribution in [0.25, 0.3) is 0 Å². The maximum Gasteiger partial charge on any atom is 0.199 e. The minimum absolute atomic E-state index is 0.259. The molecule has 0 aromatic carbocycles. The SMILES string of the molecule is COc1c(Cl)ncnc1N1CCC(CO)CC1. The average Bonchev–Trinajstić information content (AvgIpc) is 2.38. The first-order chi connectivity index (χ1) is 8.26. The molecule has 0 unspecified atom stereocenters. The van der Waals surface area contributed by atoms with Gasteiger partial charge in [-0.3, -0.25) is 0 Å². The highest BCUT2D eigenvalue weighted by atomic mass is 35.5. The van der Waals surface area contributed by atoms with Gasteiger partial charge in [0.25, 0.3) is 0 Å². The molecule has 17 heavy (non-hydrogen) atoms. The number of anilines is 1. The molecule has 0 saturated carbocycles. The summed E-state index contributed by atoms with van der Waals surface area (Å²) in [7, 11) is 1.56. The first kappa shape index (κ1) is 12.4. The zero-order chi connectivity index (χ0) is 12.3. The van der Waals surface area contributed by atoms with E-state index >= 15 is 0 Å². The Kier molecular flexibility index (Phi) is 4.02. The van der Waals surface area contributed by atoms with E-state index in [1.54, 1.807) is 7.11 Å². The van der Waals surface area contributed by atoms with Crippen LogP contribution in [0.5, 0.6) is 5.75 Å². The van der Waals surface area contributed by atoms with E-state index in [0.29, 0.717) is 16.8 Å². The van der Waals surface area contributed by atoms with Crippen LogP contribution >= 0.6 is 11.6 Å². The first-order valence-corrected chi connectivity index (χ1v) is 6.04. The Morgan fingerprint density at radius 2 is 2.18 bits per heavy atom. The van der Waals surface area contributed by atoms with Gasteiger partial charge in [0, 0.05) is 19.7 Å². The molecule has 0 atom stereocenters. The highest BCUT2D eigenvalue weighted by Gasteiger charge is 2.23. The van der Waals surface area contributed by atoms with Gasteiger partial charge < -0.3 is 14.7 Å². The molecule has 94 valence electrons. The smallest absolute Gasteiger partial charge is 0.199 e. The van der Waals surface area contributed by atoms with Crippen molar-refractivity contribution < 1.29 is 9.84 Å². The summed E-state index contributed by atoms with van der Waals surface area (Å²) in [5, 5.41) is 9.44. The largest absolute Gasteiger partial charge is 0.490 e. The van der Waals surface area contributed by atoms with Crippen LogP contribution in [0.15, 0.2) is 6.33 Å². The second-order valence-electron chi connectivity index (χ2n) is 4.13. The van der Waals surface area contributed by atoms with E-state index in [0.717, 1.165) is 31.7 Å². The molecule has 0 aliphatic carbocycles. The molecule has 1 aromatic heterocycles. The van der Waals surface area contributed by atoms with Crippen LogP contribution in [-0.4, -0.2) is 41.9 Å². The van der Waals surface area contributed by atoms with E-state index in [1.165, 1.54) is 6.33 Å². The molecule has 1 aliphatic heterocycles. The number of methoxy groups -OCH3 is 1. The maximum absolute atomic E-state index is 9.10. The fourth-order valence-corrected chi connectivity index (χ4v) is 2.28. The maximum atomic E-state index is 9.10. The van der Waals surface area contributed by atoms with Gasteiger partial charge in [0.2, 0.25) is 0 Å². The van der Waals surface area contributed by atoms with Gasteiger partial charge in [-0.15, -0.1) is 0 Å². The molecule has 0 spiro atoms. The highest BCUT2D eigenvalue weighted by molar-refractivity contribution is 6.31. The zero-order valence-corrected chi connectivity index (χ0v) is 10.5. The van der Waals surface area contributed by atoms with E-state index in [1.807, 2.05) is 0 Å². The summed E-state index contributed by atoms with van der Waals surface area (Å²) in [4.78, 5) is 10.3. The summed E-state index contributed by atoms with van der Waals surface area (Å²) in [5.74, 6) is 1.66. The summed E-state index contributed by atoms with van der Waals surface area (Å²) in [6.45, 7) is 1.97. The number of hydrogen-bond acceptors (Lipinski definition) is 5. The zero-order valence-electron chi connectivity index (χ0n) is 9.77. The number of aliphatic hydroxyl groups is 1. The third-order valence-corrected chi connectivity index (χ3v) is 3.39. The minimum Gasteiger partial charge on any atom is -0.490 e. The van der Waals surface area contributed by atoms with Crippen molar-refractivity contribution >= 4 is 17.4 Å². The van der Waals surface area contributed by atoms with Crippen molar-refractivity contribution in [2.45, 2.75) is 12.8 Å². The second-order valence-corrected chi connectivity index (χ2v) is 4.49. The van der Waals surface area contributed by atoms with Gasteiger partial charge in [0.05, 0.1) is 7.11 Å². The number of rotatable bonds is 3. The lowest BCUT2D eigenvalue weighted by molar-refractivity contribution is 0.202. The van der Waals surface area contributed by atoms with Crippen LogP contribution in [0, 0.1) is 5.92 Å². The van der Waals surface area contributed by atoms with Crippen molar-refractivity contribution in [3.05, 3.63) is 11.5 Å². The molecule has 1 N–H and O–H groups in total. The van der Waals surface area contributed by atoms with Gasteiger partial charge in [0.15, 0.2) is 16.7 Å². The van der Waals surface area contributed by atoms with Crippen molar-refractivity contribution in [1.82, 2.24) is 9.97 Å². The summed E-state index contributed by atoms with van der Waals surface area (Å²) in [6, 6.07) is 0. The van der Waals surface area contributed by atoms with Crippen molar-refractivity contribution in [1.29, 1.82) is 0 Å². The summed E-state index contributed by atoms with van der Waals surface area (Å²) in [6.07, 6.45) is 3.36. The number of halogens is 1. The molecular weight excluding hydrogens is 242 g/mol. The quantitative estimate of drug-likeness (QED) is 0.829. The fraction of sp³-hybridized carbons (Fsp3) is 0.636. The lowest BCUT2D eigenvalue weighted by Gasteiger charge is -2.32. The Labute approximate surface area is 105 Å². The summed E-state index contributed by atoms with van der Waals surface area (Å²) in [5.41, 5.74) is 0. The Hall–Kier alpha value is -1.07. The molecule has 2 heterocycles. The molecule has 0 amide bonds. The van der Waals surface area contributed by atoms with Crippen molar-refractivity contribution in [2.75, 3.05) is 31.7 Å². The van der Waals surface area contributed by atoms with Gasteiger partial charge in [-0.2, -0.15) is 0 Å². The molecule has 0 radical (unpaired) electrons. The standard InChI is InChI=1S/C11H16ClN3O2/c1-17-9-10(12)13-7-14-11(9)15-4-2-8(6-16)3-5-15/h7-8,16H,2-6H2,1H3. The predicted octanol–water partition coefficient (Wildman–Crippen LogP) is 1.35. The summed E-state index contributed by atoms with van der Waals surface area (Å²) >= 11 is 5.96. The number of nitrogens with zero attached hydrogens (tertiary/aromatic N) is 3. The Morgan fingerprint density at radius 3 is 2.76 bits per heavy atom. The van der Waals surface area contributed by atoms with Crippen LogP contribution in [0.3, 0.4) is 0 Å². The topological polar surface area (TPSA) is 58.5 Å². The molecule has 2 rings (SSSR count). The Morgan fingerprint density at radius 1 is 1.47 bits per heavy atom. The highest BCUT2D eigenvalue weighted by Crippen LogP contribution is 2.33. The minimum atomic E-state index is 0.259. The van der Waals surface area contributed by atoms with Gasteiger partial charge in [-0.05, 0) is 18.8 Å². The predicted molar refractivity (Wildman–Crippen MR) is 65.6 cm³/mol. The summed E-state index contributed by atoms with van der Waals surface area (Å²) < 4.78 is 5.23. The van der Waals surface area contributed by atoms with Crippen molar-refractivity contribution in [2.24, 2.45) is 5.92 Å². The number of piperidine rings is 1. The van der Waals surface area contributed by atoms with Crippen LogP contribution in [0.2, 0.25) is 5.15 Å². The molecule has 1 saturated heterocycles. The molecule has 6 heteroatoms. The fourth-order valence-electron chi connectivity index (χ4n) is 2.07. The lowest BCUT2D eigenvalue weighted by Crippen LogP contribution is -2.35. The van der Waals surface area contributed by atoms with E-state index in [4.69, 9.17) is 21.4 Å². The molecule has 1 aromatic rings. The molecule has 1 fully saturated rings. The number of aliphatic hydroxyl groups excluding tert-OH is 1. The average molecular weight is 258 g/mol. The number of aromatic nitrogens is 2. The number of hydrogen-bond donors (Lipinski definition) is 1. The van der Waals surface area contributed by atoms with E-state index in [2.05, 4.69) is 14.9 Å². The van der Waals surface area contributed by atoms with Crippen molar-refractivity contribution in [3.63, 3.8) is 0 Å². The van der Waals surface area contributed by atoms with Crippen LogP contribution in [-0.2, 0) is 0 Å². The molecular formula is C11H16ClN3O2. The molecule has 0 bridgehead atoms. The van der Waals surface area contributed by atoms with Crippen LogP contribution < -0.4 is 9.64 Å². The van der Waals surface area contributed by atoms with Crippen LogP contribution in [0.1, 0.15) is 12.8 Å². The third-order valence-electron chi connectivity index (χ3n) is 3.12. The molecule has 1 aliphatic rings. The Balaban J connectivity index is 2.15. The Bertz CT molecular complexity index is 381. The lowest BCUT2D eigenvalue weighted by atomic mass is 9.98. The van der Waals surface area contributed by atoms with Crippen molar-refractivity contribution in [3.8, 4) is 5.75 Å². The van der Waals surface area contributed by atoms with Gasteiger partial charge in [-0.1, -0.05) is 11.6 Å². The second kappa shape index (κ2) is 5.51.